The van der Waals surface area contributed by atoms with Gasteiger partial charge in [-0.2, -0.15) is 4.98 Å². The number of carbonyl (C=O) groups is 3. The van der Waals surface area contributed by atoms with Crippen LogP contribution < -0.4 is 9.80 Å². The Morgan fingerprint density at radius 2 is 2.00 bits per heavy atom. The number of hydrogen-bond donors (Lipinski definition) is 2. The second-order valence-electron chi connectivity index (χ2n) is 10.2. The molecule has 1 aliphatic heterocycles. The van der Waals surface area contributed by atoms with E-state index in [0.29, 0.717) is 30.8 Å². The number of hydrogen-bond acceptors (Lipinski definition) is 7. The summed E-state index contributed by atoms with van der Waals surface area (Å²) in [6, 6.07) is 4.97. The molecule has 11 heteroatoms. The lowest BCUT2D eigenvalue weighted by molar-refractivity contribution is -0.129. The molecule has 3 rings (SSSR count). The number of quaternary nitrogens is 1. The van der Waals surface area contributed by atoms with Crippen molar-refractivity contribution in [3.63, 3.8) is 0 Å². The molecule has 0 aliphatic carbocycles. The Morgan fingerprint density at radius 1 is 1.31 bits per heavy atom. The Bertz CT molecular complexity index is 1140. The first kappa shape index (κ1) is 27.1. The highest BCUT2D eigenvalue weighted by molar-refractivity contribution is 5.89. The van der Waals surface area contributed by atoms with Crippen molar-refractivity contribution in [2.24, 2.45) is 0 Å². The van der Waals surface area contributed by atoms with Gasteiger partial charge in [-0.25, -0.2) is 18.9 Å². The van der Waals surface area contributed by atoms with Crippen LogP contribution in [0.15, 0.2) is 22.7 Å². The van der Waals surface area contributed by atoms with Crippen LogP contribution in [0.4, 0.5) is 15.3 Å². The van der Waals surface area contributed by atoms with Gasteiger partial charge in [0.05, 0.1) is 26.1 Å². The third kappa shape index (κ3) is 5.51. The second-order valence-corrected chi connectivity index (χ2v) is 10.2. The summed E-state index contributed by atoms with van der Waals surface area (Å²) in [6.07, 6.45) is -0.692. The molecule has 1 aromatic heterocycles. The van der Waals surface area contributed by atoms with E-state index in [4.69, 9.17) is 9.26 Å². The number of carboxylic acid groups (broad SMARTS) is 1. The quantitative estimate of drug-likeness (QED) is 0.563. The summed E-state index contributed by atoms with van der Waals surface area (Å²) in [5.41, 5.74) is 1.55. The average molecular weight is 503 g/mol. The first-order valence-electron chi connectivity index (χ1n) is 12.1. The normalized spacial score (nSPS) is 21.4. The molecule has 3 atom stereocenters. The zero-order valence-corrected chi connectivity index (χ0v) is 22.0. The number of benzene rings is 1. The van der Waals surface area contributed by atoms with E-state index in [1.165, 1.54) is 4.90 Å². The summed E-state index contributed by atoms with van der Waals surface area (Å²) in [7, 11) is 1.86. The van der Waals surface area contributed by atoms with E-state index >= 15 is 0 Å². The number of amides is 3. The number of carbonyl (C=O) groups excluding carboxylic acids is 2. The van der Waals surface area contributed by atoms with E-state index in [1.54, 1.807) is 40.7 Å². The third-order valence-electron chi connectivity index (χ3n) is 6.68. The van der Waals surface area contributed by atoms with Crippen molar-refractivity contribution in [3.05, 3.63) is 29.6 Å². The molecule has 0 saturated carbocycles. The molecule has 2 aromatic rings. The van der Waals surface area contributed by atoms with Crippen LogP contribution in [0, 0.1) is 0 Å². The molecule has 1 aromatic carbocycles. The molecule has 3 amide bonds. The molecule has 0 saturated heterocycles. The summed E-state index contributed by atoms with van der Waals surface area (Å²) in [4.78, 5) is 42.4. The molecular formula is C25H36N5O6+. The number of nitrogens with one attached hydrogen (secondary N) is 1. The maximum Gasteiger partial charge on any atom is 0.407 e. The largest absolute Gasteiger partial charge is 0.465 e. The summed E-state index contributed by atoms with van der Waals surface area (Å²) in [5.74, 6) is 0.665. The second kappa shape index (κ2) is 10.3. The number of aromatic nitrogens is 2. The molecule has 196 valence electrons. The fourth-order valence-electron chi connectivity index (χ4n) is 4.60. The number of rotatable bonds is 6. The first-order valence-corrected chi connectivity index (χ1v) is 12.1. The molecule has 0 bridgehead atoms. The number of fused-ring (bicyclic) bond motifs is 1. The Kier molecular flexibility index (Phi) is 7.73. The Morgan fingerprint density at radius 3 is 2.58 bits per heavy atom. The summed E-state index contributed by atoms with van der Waals surface area (Å²) < 4.78 is 10.8. The van der Waals surface area contributed by atoms with Crippen molar-refractivity contribution in [1.29, 1.82) is 0 Å². The molecule has 36 heavy (non-hydrogen) atoms. The van der Waals surface area contributed by atoms with Crippen LogP contribution in [-0.4, -0.2) is 70.0 Å². The van der Waals surface area contributed by atoms with E-state index in [-0.39, 0.29) is 28.9 Å². The minimum Gasteiger partial charge on any atom is -0.465 e. The van der Waals surface area contributed by atoms with Crippen molar-refractivity contribution < 1.29 is 28.8 Å². The average Bonchev–Trinajstić information content (AvgIpc) is 3.24. The van der Waals surface area contributed by atoms with Crippen LogP contribution in [0.5, 0.6) is 0 Å². The van der Waals surface area contributed by atoms with E-state index in [1.807, 2.05) is 26.1 Å². The molecule has 1 aliphatic rings. The van der Waals surface area contributed by atoms with Gasteiger partial charge in [0, 0.05) is 43.1 Å². The predicted octanol–water partition coefficient (Wildman–Crippen LogP) is 4.12. The van der Waals surface area contributed by atoms with E-state index in [2.05, 4.69) is 15.5 Å². The summed E-state index contributed by atoms with van der Waals surface area (Å²) in [5, 5.41) is 16.5. The van der Waals surface area contributed by atoms with Gasteiger partial charge in [0.2, 0.25) is 0 Å². The molecule has 1 unspecified atom stereocenters. The highest BCUT2D eigenvalue weighted by atomic mass is 16.6. The molecular weight excluding hydrogens is 466 g/mol. The van der Waals surface area contributed by atoms with Gasteiger partial charge in [0.1, 0.15) is 11.3 Å². The van der Waals surface area contributed by atoms with Crippen LogP contribution >= 0.6 is 0 Å². The number of ether oxygens (including phenoxy) is 1. The van der Waals surface area contributed by atoms with Crippen LogP contribution in [0.2, 0.25) is 0 Å². The van der Waals surface area contributed by atoms with Crippen LogP contribution in [0.3, 0.4) is 0 Å². The smallest absolute Gasteiger partial charge is 0.407 e. The van der Waals surface area contributed by atoms with Crippen LogP contribution in [-0.2, 0) is 16.0 Å². The maximum atomic E-state index is 12.7. The van der Waals surface area contributed by atoms with Gasteiger partial charge in [-0.05, 0) is 46.8 Å². The number of alkyl carbamates (subject to hydrolysis) is 1. The SMILES string of the molecule is CCN(C(=O)O)[C@@H]1C[C@H](C)[N+](C)(C(C)=O)c2ccc(-c3nc(CCNC(=O)OC(C)(C)C)no3)cc21. The topological polar surface area (TPSA) is 135 Å². The monoisotopic (exact) mass is 502 g/mol. The molecule has 2 heterocycles. The van der Waals surface area contributed by atoms with Crippen molar-refractivity contribution in [3.8, 4) is 11.5 Å². The molecule has 0 radical (unpaired) electrons. The minimum atomic E-state index is -1.01. The molecule has 0 spiro atoms. The standard InChI is InChI=1S/C25H35N5O6/c1-8-29(24(33)34)19-13-15(2)30(7,16(3)31)20-10-9-17(14-18(19)20)22-27-21(28-36-22)11-12-26-23(32)35-25(4,5)6/h9-10,14-15,19H,8,11-13H2,1-7H3,(H-,26,32,33,34)/p+1/t15-,19+,30?/m0/s1. The van der Waals surface area contributed by atoms with E-state index < -0.39 is 23.8 Å². The lowest BCUT2D eigenvalue weighted by Gasteiger charge is -2.45. The van der Waals surface area contributed by atoms with Crippen molar-refractivity contribution in [2.45, 2.75) is 72.1 Å². The first-order chi connectivity index (χ1) is 16.8. The van der Waals surface area contributed by atoms with Gasteiger partial charge < -0.3 is 24.6 Å². The predicted molar refractivity (Wildman–Crippen MR) is 133 cm³/mol. The molecule has 0 fully saturated rings. The van der Waals surface area contributed by atoms with Gasteiger partial charge in [0.25, 0.3) is 5.89 Å². The fourth-order valence-corrected chi connectivity index (χ4v) is 4.60. The van der Waals surface area contributed by atoms with E-state index in [0.717, 1.165) is 11.3 Å². The summed E-state index contributed by atoms with van der Waals surface area (Å²) >= 11 is 0. The number of nitrogens with zero attached hydrogens (tertiary/aromatic N) is 4. The molecule has 2 N–H and O–H groups in total. The van der Waals surface area contributed by atoms with Gasteiger partial charge >= 0.3 is 18.1 Å². The highest BCUT2D eigenvalue weighted by Crippen LogP contribution is 2.45. The highest BCUT2D eigenvalue weighted by Gasteiger charge is 2.47. The lowest BCUT2D eigenvalue weighted by atomic mass is 9.87. The maximum absolute atomic E-state index is 12.7. The zero-order chi connectivity index (χ0) is 26.8. The van der Waals surface area contributed by atoms with E-state index in [9.17, 15) is 19.5 Å². The van der Waals surface area contributed by atoms with Gasteiger partial charge in [-0.15, -0.1) is 0 Å². The minimum absolute atomic E-state index is 0.0223. The van der Waals surface area contributed by atoms with Crippen LogP contribution in [0.1, 0.15) is 65.4 Å². The Labute approximate surface area is 211 Å². The van der Waals surface area contributed by atoms with Gasteiger partial charge in [-0.3, -0.25) is 0 Å². The van der Waals surface area contributed by atoms with Gasteiger partial charge in [-0.1, -0.05) is 5.16 Å². The van der Waals surface area contributed by atoms with Crippen molar-refractivity contribution >= 4 is 23.8 Å². The Hall–Kier alpha value is -3.47. The zero-order valence-electron chi connectivity index (χ0n) is 22.0. The van der Waals surface area contributed by atoms with Crippen LogP contribution in [0.25, 0.3) is 11.5 Å². The van der Waals surface area contributed by atoms with Crippen molar-refractivity contribution in [1.82, 2.24) is 24.8 Å². The van der Waals surface area contributed by atoms with Crippen molar-refractivity contribution in [2.75, 3.05) is 20.1 Å². The fraction of sp³-hybridized carbons (Fsp3) is 0.560. The Balaban J connectivity index is 1.88. The summed E-state index contributed by atoms with van der Waals surface area (Å²) in [6.45, 7) is 11.3. The third-order valence-corrected chi connectivity index (χ3v) is 6.68. The van der Waals surface area contributed by atoms with Gasteiger partial charge in [0.15, 0.2) is 5.82 Å². The lowest BCUT2D eigenvalue weighted by Crippen LogP contribution is -2.60. The molecule has 11 nitrogen and oxygen atoms in total.